The largest absolute Gasteiger partial charge is 0.466 e. The average Bonchev–Trinajstić information content (AvgIpc) is 2.36. The van der Waals surface area contributed by atoms with Gasteiger partial charge in [-0.25, -0.2) is 9.59 Å². The molecule has 0 aliphatic heterocycles. The smallest absolute Gasteiger partial charge is 0.338 e. The summed E-state index contributed by atoms with van der Waals surface area (Å²) in [5.41, 5.74) is 1.86. The highest BCUT2D eigenvalue weighted by Gasteiger charge is 2.14. The fourth-order valence-electron chi connectivity index (χ4n) is 1.28. The number of ether oxygens (including phenoxy) is 2. The quantitative estimate of drug-likeness (QED) is 0.590. The van der Waals surface area contributed by atoms with E-state index in [9.17, 15) is 9.59 Å². The molecule has 17 heavy (non-hydrogen) atoms. The molecule has 0 saturated heterocycles. The van der Waals surface area contributed by atoms with E-state index in [1.807, 2.05) is 19.1 Å². The summed E-state index contributed by atoms with van der Waals surface area (Å²) in [4.78, 5) is 22.7. The normalized spacial score (nSPS) is 10.9. The van der Waals surface area contributed by atoms with Crippen LogP contribution in [0, 0.1) is 6.92 Å². The summed E-state index contributed by atoms with van der Waals surface area (Å²) in [7, 11) is 2.52. The zero-order valence-electron chi connectivity index (χ0n) is 10.0. The van der Waals surface area contributed by atoms with Crippen molar-refractivity contribution in [3.8, 4) is 0 Å². The molecule has 90 valence electrons. The second kappa shape index (κ2) is 5.84. The molecule has 0 aliphatic carbocycles. The van der Waals surface area contributed by atoms with E-state index >= 15 is 0 Å². The summed E-state index contributed by atoms with van der Waals surface area (Å²) in [5, 5.41) is 0. The molecular weight excluding hydrogens is 220 g/mol. The molecule has 0 unspecified atom stereocenters. The number of hydrogen-bond donors (Lipinski definition) is 0. The minimum Gasteiger partial charge on any atom is -0.466 e. The van der Waals surface area contributed by atoms with Gasteiger partial charge in [0, 0.05) is 6.08 Å². The summed E-state index contributed by atoms with van der Waals surface area (Å²) < 4.78 is 9.12. The molecule has 0 atom stereocenters. The molecular formula is C13H14O4. The zero-order chi connectivity index (χ0) is 12.8. The molecule has 0 spiro atoms. The molecule has 0 amide bonds. The Kier molecular flexibility index (Phi) is 4.46. The number of rotatable bonds is 3. The first-order chi connectivity index (χ1) is 8.08. The van der Waals surface area contributed by atoms with E-state index in [4.69, 9.17) is 0 Å². The van der Waals surface area contributed by atoms with Crippen molar-refractivity contribution >= 4 is 17.5 Å². The number of carbonyl (C=O) groups excluding carboxylic acids is 2. The third kappa shape index (κ3) is 3.45. The van der Waals surface area contributed by atoms with Gasteiger partial charge in [0.05, 0.1) is 19.8 Å². The van der Waals surface area contributed by atoms with Crippen LogP contribution in [-0.2, 0) is 19.1 Å². The highest BCUT2D eigenvalue weighted by Crippen LogP contribution is 2.16. The Morgan fingerprint density at radius 1 is 1.06 bits per heavy atom. The Morgan fingerprint density at radius 3 is 2.12 bits per heavy atom. The van der Waals surface area contributed by atoms with Crippen molar-refractivity contribution in [1.29, 1.82) is 0 Å². The number of hydrogen-bond acceptors (Lipinski definition) is 4. The van der Waals surface area contributed by atoms with Crippen LogP contribution >= 0.6 is 0 Å². The lowest BCUT2D eigenvalue weighted by atomic mass is 10.0. The lowest BCUT2D eigenvalue weighted by Gasteiger charge is -2.05. The third-order valence-corrected chi connectivity index (χ3v) is 2.23. The molecule has 4 nitrogen and oxygen atoms in total. The van der Waals surface area contributed by atoms with Gasteiger partial charge >= 0.3 is 11.9 Å². The van der Waals surface area contributed by atoms with Crippen molar-refractivity contribution in [2.45, 2.75) is 6.92 Å². The number of aryl methyl sites for hydroxylation is 1. The van der Waals surface area contributed by atoms with Crippen LogP contribution in [0.1, 0.15) is 11.1 Å². The standard InChI is InChI=1S/C13H14O4/c1-9-4-6-10(7-5-9)11(13(15)17-3)8-12(14)16-2/h4-8H,1-3H3/b11-8-. The van der Waals surface area contributed by atoms with Gasteiger partial charge in [-0.15, -0.1) is 0 Å². The topological polar surface area (TPSA) is 52.6 Å². The predicted octanol–water partition coefficient (Wildman–Crippen LogP) is 1.72. The number of carbonyl (C=O) groups is 2. The van der Waals surface area contributed by atoms with Crippen LogP contribution in [0.5, 0.6) is 0 Å². The van der Waals surface area contributed by atoms with E-state index in [1.54, 1.807) is 12.1 Å². The molecule has 0 saturated carbocycles. The van der Waals surface area contributed by atoms with Gasteiger partial charge in [-0.1, -0.05) is 29.8 Å². The van der Waals surface area contributed by atoms with Crippen LogP contribution in [0.3, 0.4) is 0 Å². The van der Waals surface area contributed by atoms with Crippen LogP contribution in [-0.4, -0.2) is 26.2 Å². The SMILES string of the molecule is COC(=O)/C=C(\C(=O)OC)c1ccc(C)cc1. The molecule has 1 aromatic carbocycles. The maximum absolute atomic E-state index is 11.6. The number of esters is 2. The Hall–Kier alpha value is -2.10. The monoisotopic (exact) mass is 234 g/mol. The van der Waals surface area contributed by atoms with Gasteiger partial charge < -0.3 is 9.47 Å². The average molecular weight is 234 g/mol. The van der Waals surface area contributed by atoms with E-state index in [0.717, 1.165) is 11.6 Å². The first-order valence-electron chi connectivity index (χ1n) is 5.03. The predicted molar refractivity (Wildman–Crippen MR) is 63.2 cm³/mol. The van der Waals surface area contributed by atoms with Gasteiger partial charge in [0.1, 0.15) is 0 Å². The molecule has 0 aromatic heterocycles. The van der Waals surface area contributed by atoms with E-state index in [-0.39, 0.29) is 5.57 Å². The molecule has 0 aliphatic rings. The minimum absolute atomic E-state index is 0.180. The second-order valence-corrected chi connectivity index (χ2v) is 3.44. The summed E-state index contributed by atoms with van der Waals surface area (Å²) in [6, 6.07) is 7.20. The van der Waals surface area contributed by atoms with Crippen molar-refractivity contribution in [1.82, 2.24) is 0 Å². The number of benzene rings is 1. The van der Waals surface area contributed by atoms with Crippen LogP contribution < -0.4 is 0 Å². The van der Waals surface area contributed by atoms with Crippen molar-refractivity contribution in [2.24, 2.45) is 0 Å². The molecule has 0 radical (unpaired) electrons. The van der Waals surface area contributed by atoms with Gasteiger partial charge in [-0.2, -0.15) is 0 Å². The lowest BCUT2D eigenvalue weighted by molar-refractivity contribution is -0.136. The van der Waals surface area contributed by atoms with Crippen molar-refractivity contribution in [3.05, 3.63) is 41.5 Å². The maximum atomic E-state index is 11.6. The molecule has 0 bridgehead atoms. The van der Waals surface area contributed by atoms with Crippen LogP contribution in [0.2, 0.25) is 0 Å². The van der Waals surface area contributed by atoms with E-state index in [2.05, 4.69) is 9.47 Å². The Balaban J connectivity index is 3.15. The lowest BCUT2D eigenvalue weighted by Crippen LogP contribution is -2.07. The van der Waals surface area contributed by atoms with Crippen LogP contribution in [0.15, 0.2) is 30.3 Å². The van der Waals surface area contributed by atoms with Gasteiger partial charge in [0.2, 0.25) is 0 Å². The molecule has 1 rings (SSSR count). The zero-order valence-corrected chi connectivity index (χ0v) is 10.0. The third-order valence-electron chi connectivity index (χ3n) is 2.23. The highest BCUT2D eigenvalue weighted by molar-refractivity contribution is 6.20. The minimum atomic E-state index is -0.592. The van der Waals surface area contributed by atoms with Crippen molar-refractivity contribution in [2.75, 3.05) is 14.2 Å². The van der Waals surface area contributed by atoms with E-state index in [1.165, 1.54) is 14.2 Å². The Morgan fingerprint density at radius 2 is 1.65 bits per heavy atom. The molecule has 1 aromatic rings. The fourth-order valence-corrected chi connectivity index (χ4v) is 1.28. The second-order valence-electron chi connectivity index (χ2n) is 3.44. The van der Waals surface area contributed by atoms with Gasteiger partial charge in [-0.3, -0.25) is 0 Å². The van der Waals surface area contributed by atoms with Crippen molar-refractivity contribution in [3.63, 3.8) is 0 Å². The fraction of sp³-hybridized carbons (Fsp3) is 0.231. The molecule has 4 heteroatoms. The molecule has 0 fully saturated rings. The number of methoxy groups -OCH3 is 2. The molecule has 0 heterocycles. The van der Waals surface area contributed by atoms with Crippen LogP contribution in [0.25, 0.3) is 5.57 Å². The van der Waals surface area contributed by atoms with Gasteiger partial charge in [0.15, 0.2) is 0 Å². The summed E-state index contributed by atoms with van der Waals surface area (Å²) in [5.74, 6) is -1.16. The summed E-state index contributed by atoms with van der Waals surface area (Å²) >= 11 is 0. The van der Waals surface area contributed by atoms with E-state index in [0.29, 0.717) is 5.56 Å². The summed E-state index contributed by atoms with van der Waals surface area (Å²) in [6.07, 6.45) is 1.12. The highest BCUT2D eigenvalue weighted by atomic mass is 16.5. The van der Waals surface area contributed by atoms with E-state index < -0.39 is 11.9 Å². The first kappa shape index (κ1) is 13.0. The van der Waals surface area contributed by atoms with Gasteiger partial charge in [-0.05, 0) is 12.5 Å². The molecule has 0 N–H and O–H groups in total. The Labute approximate surface area is 99.8 Å². The van der Waals surface area contributed by atoms with Gasteiger partial charge in [0.25, 0.3) is 0 Å². The summed E-state index contributed by atoms with van der Waals surface area (Å²) in [6.45, 7) is 1.94. The van der Waals surface area contributed by atoms with Crippen LogP contribution in [0.4, 0.5) is 0 Å². The first-order valence-corrected chi connectivity index (χ1v) is 5.03. The maximum Gasteiger partial charge on any atom is 0.338 e. The Bertz CT molecular complexity index is 443. The van der Waals surface area contributed by atoms with Crippen molar-refractivity contribution < 1.29 is 19.1 Å².